The van der Waals surface area contributed by atoms with E-state index in [0.717, 1.165) is 31.4 Å². The van der Waals surface area contributed by atoms with E-state index < -0.39 is 23.2 Å². The van der Waals surface area contributed by atoms with Crippen LogP contribution in [0.2, 0.25) is 0 Å². The van der Waals surface area contributed by atoms with E-state index in [1.807, 2.05) is 0 Å². The number of rotatable bonds is 3. The maximum atomic E-state index is 13.6. The van der Waals surface area contributed by atoms with Gasteiger partial charge in [0.25, 0.3) is 0 Å². The minimum atomic E-state index is -4.55. The third-order valence-electron chi connectivity index (χ3n) is 3.69. The lowest BCUT2D eigenvalue weighted by molar-refractivity contribution is -0.137. The second-order valence-corrected chi connectivity index (χ2v) is 5.33. The van der Waals surface area contributed by atoms with Gasteiger partial charge in [-0.2, -0.15) is 13.2 Å². The van der Waals surface area contributed by atoms with Crippen molar-refractivity contribution in [3.63, 3.8) is 0 Å². The molecule has 0 bridgehead atoms. The molecule has 0 amide bonds. The molecule has 1 fully saturated rings. The maximum absolute atomic E-state index is 13.6. The summed E-state index contributed by atoms with van der Waals surface area (Å²) in [5, 5.41) is 13.0. The number of anilines is 1. The Kier molecular flexibility index (Phi) is 4.22. The van der Waals surface area contributed by atoms with Crippen LogP contribution in [-0.4, -0.2) is 17.3 Å². The van der Waals surface area contributed by atoms with Crippen molar-refractivity contribution in [1.29, 1.82) is 0 Å². The molecule has 2 rings (SSSR count). The zero-order valence-electron chi connectivity index (χ0n) is 10.9. The molecular formula is C14H17F4NO. The fourth-order valence-electron chi connectivity index (χ4n) is 2.48. The summed E-state index contributed by atoms with van der Waals surface area (Å²) in [4.78, 5) is 0. The second kappa shape index (κ2) is 5.60. The van der Waals surface area contributed by atoms with E-state index in [-0.39, 0.29) is 12.2 Å². The Hall–Kier alpha value is -1.30. The Morgan fingerprint density at radius 3 is 2.35 bits per heavy atom. The highest BCUT2D eigenvalue weighted by Crippen LogP contribution is 2.32. The lowest BCUT2D eigenvalue weighted by atomic mass is 9.85. The van der Waals surface area contributed by atoms with Crippen molar-refractivity contribution in [2.75, 3.05) is 11.9 Å². The van der Waals surface area contributed by atoms with Crippen molar-refractivity contribution in [2.24, 2.45) is 0 Å². The minimum absolute atomic E-state index is 0.0167. The Morgan fingerprint density at radius 1 is 1.15 bits per heavy atom. The van der Waals surface area contributed by atoms with E-state index in [1.165, 1.54) is 0 Å². The van der Waals surface area contributed by atoms with Gasteiger partial charge in [-0.15, -0.1) is 0 Å². The highest BCUT2D eigenvalue weighted by atomic mass is 19.4. The average Bonchev–Trinajstić information content (AvgIpc) is 2.37. The molecule has 0 aliphatic heterocycles. The van der Waals surface area contributed by atoms with Crippen LogP contribution in [-0.2, 0) is 6.18 Å². The van der Waals surface area contributed by atoms with Crippen LogP contribution in [0.4, 0.5) is 23.2 Å². The molecule has 0 spiro atoms. The van der Waals surface area contributed by atoms with Crippen molar-refractivity contribution in [1.82, 2.24) is 0 Å². The summed E-state index contributed by atoms with van der Waals surface area (Å²) in [6, 6.07) is 2.36. The van der Waals surface area contributed by atoms with Crippen molar-refractivity contribution < 1.29 is 22.7 Å². The third kappa shape index (κ3) is 3.62. The molecule has 0 radical (unpaired) electrons. The number of benzene rings is 1. The molecule has 2 N–H and O–H groups in total. The quantitative estimate of drug-likeness (QED) is 0.826. The largest absolute Gasteiger partial charge is 0.416 e. The van der Waals surface area contributed by atoms with E-state index in [9.17, 15) is 22.7 Å². The lowest BCUT2D eigenvalue weighted by Gasteiger charge is -2.32. The first-order chi connectivity index (χ1) is 9.30. The van der Waals surface area contributed by atoms with Gasteiger partial charge in [0.2, 0.25) is 0 Å². The molecule has 0 heterocycles. The van der Waals surface area contributed by atoms with Gasteiger partial charge >= 0.3 is 6.18 Å². The molecule has 1 aromatic rings. The molecule has 0 saturated heterocycles. The van der Waals surface area contributed by atoms with Crippen LogP contribution in [0.15, 0.2) is 18.2 Å². The number of halogens is 4. The SMILES string of the molecule is OC1(CNc2ccc(C(F)(F)F)cc2F)CCCCC1. The molecule has 1 aliphatic rings. The fourth-order valence-corrected chi connectivity index (χ4v) is 2.48. The lowest BCUT2D eigenvalue weighted by Crippen LogP contribution is -2.38. The summed E-state index contributed by atoms with van der Waals surface area (Å²) < 4.78 is 50.8. The van der Waals surface area contributed by atoms with Gasteiger partial charge in [-0.25, -0.2) is 4.39 Å². The summed E-state index contributed by atoms with van der Waals surface area (Å²) in [6.07, 6.45) is -0.413. The zero-order valence-corrected chi connectivity index (χ0v) is 10.9. The van der Waals surface area contributed by atoms with Crippen LogP contribution in [0.1, 0.15) is 37.7 Å². The molecule has 0 unspecified atom stereocenters. The van der Waals surface area contributed by atoms with E-state index in [1.54, 1.807) is 0 Å². The fraction of sp³-hybridized carbons (Fsp3) is 0.571. The summed E-state index contributed by atoms with van der Waals surface area (Å²) in [5.74, 6) is -0.959. The van der Waals surface area contributed by atoms with Gasteiger partial charge in [-0.05, 0) is 31.0 Å². The van der Waals surface area contributed by atoms with Crippen molar-refractivity contribution in [3.05, 3.63) is 29.6 Å². The first kappa shape index (κ1) is 15.1. The van der Waals surface area contributed by atoms with Crippen LogP contribution in [0.25, 0.3) is 0 Å². The van der Waals surface area contributed by atoms with Gasteiger partial charge in [0.05, 0.1) is 16.9 Å². The van der Waals surface area contributed by atoms with Crippen LogP contribution in [0.5, 0.6) is 0 Å². The predicted octanol–water partition coefficient (Wildman–Crippen LogP) is 3.95. The standard InChI is InChI=1S/C14H17F4NO/c15-11-8-10(14(16,17)18)4-5-12(11)19-9-13(20)6-2-1-3-7-13/h4-5,8,19-20H,1-3,6-7,9H2. The van der Waals surface area contributed by atoms with Crippen molar-refractivity contribution in [2.45, 2.75) is 43.9 Å². The monoisotopic (exact) mass is 291 g/mol. The van der Waals surface area contributed by atoms with Crippen LogP contribution < -0.4 is 5.32 Å². The Morgan fingerprint density at radius 2 is 1.80 bits per heavy atom. The Labute approximate surface area is 114 Å². The van der Waals surface area contributed by atoms with E-state index in [0.29, 0.717) is 18.9 Å². The highest BCUT2D eigenvalue weighted by Gasteiger charge is 2.32. The molecule has 6 heteroatoms. The number of alkyl halides is 3. The molecular weight excluding hydrogens is 274 g/mol. The third-order valence-corrected chi connectivity index (χ3v) is 3.69. The summed E-state index contributed by atoms with van der Waals surface area (Å²) in [6.45, 7) is 0.148. The molecule has 20 heavy (non-hydrogen) atoms. The summed E-state index contributed by atoms with van der Waals surface area (Å²) >= 11 is 0. The molecule has 1 aliphatic carbocycles. The van der Waals surface area contributed by atoms with Crippen molar-refractivity contribution >= 4 is 5.69 Å². The van der Waals surface area contributed by atoms with Crippen molar-refractivity contribution in [3.8, 4) is 0 Å². The zero-order chi connectivity index (χ0) is 14.8. The molecule has 1 aromatic carbocycles. The highest BCUT2D eigenvalue weighted by molar-refractivity contribution is 5.47. The van der Waals surface area contributed by atoms with Crippen LogP contribution in [0.3, 0.4) is 0 Å². The maximum Gasteiger partial charge on any atom is 0.416 e. The van der Waals surface area contributed by atoms with Crippen LogP contribution >= 0.6 is 0 Å². The Bertz CT molecular complexity index is 467. The molecule has 0 atom stereocenters. The molecule has 1 saturated carbocycles. The predicted molar refractivity (Wildman–Crippen MR) is 67.9 cm³/mol. The summed E-state index contributed by atoms with van der Waals surface area (Å²) in [7, 11) is 0. The molecule has 0 aromatic heterocycles. The smallest absolute Gasteiger partial charge is 0.388 e. The Balaban J connectivity index is 2.03. The topological polar surface area (TPSA) is 32.3 Å². The first-order valence-electron chi connectivity index (χ1n) is 6.63. The van der Waals surface area contributed by atoms with Gasteiger partial charge in [0.15, 0.2) is 0 Å². The first-order valence-corrected chi connectivity index (χ1v) is 6.63. The average molecular weight is 291 g/mol. The van der Waals surface area contributed by atoms with Gasteiger partial charge < -0.3 is 10.4 Å². The van der Waals surface area contributed by atoms with Gasteiger partial charge in [-0.3, -0.25) is 0 Å². The van der Waals surface area contributed by atoms with E-state index >= 15 is 0 Å². The van der Waals surface area contributed by atoms with E-state index in [4.69, 9.17) is 0 Å². The number of hydrogen-bond donors (Lipinski definition) is 2. The van der Waals surface area contributed by atoms with Gasteiger partial charge in [-0.1, -0.05) is 19.3 Å². The minimum Gasteiger partial charge on any atom is -0.388 e. The van der Waals surface area contributed by atoms with Gasteiger partial charge in [0.1, 0.15) is 5.82 Å². The molecule has 2 nitrogen and oxygen atoms in total. The second-order valence-electron chi connectivity index (χ2n) is 5.33. The van der Waals surface area contributed by atoms with E-state index in [2.05, 4.69) is 5.32 Å². The van der Waals surface area contributed by atoms with Crippen LogP contribution in [0, 0.1) is 5.82 Å². The normalized spacial score (nSPS) is 18.9. The number of aliphatic hydroxyl groups is 1. The van der Waals surface area contributed by atoms with Gasteiger partial charge in [0, 0.05) is 6.54 Å². The number of hydrogen-bond acceptors (Lipinski definition) is 2. The number of nitrogens with one attached hydrogen (secondary N) is 1. The summed E-state index contributed by atoms with van der Waals surface area (Å²) in [5.41, 5.74) is -1.93. The molecule has 112 valence electrons.